The van der Waals surface area contributed by atoms with Gasteiger partial charge in [-0.2, -0.15) is 5.26 Å². The van der Waals surface area contributed by atoms with Crippen molar-refractivity contribution in [3.8, 4) is 6.07 Å². The van der Waals surface area contributed by atoms with Crippen molar-refractivity contribution >= 4 is 0 Å². The monoisotopic (exact) mass is 246 g/mol. The van der Waals surface area contributed by atoms with Gasteiger partial charge in [0, 0.05) is 13.2 Å². The van der Waals surface area contributed by atoms with E-state index in [0.29, 0.717) is 0 Å². The molecule has 1 aromatic carbocycles. The van der Waals surface area contributed by atoms with E-state index >= 15 is 0 Å². The minimum Gasteiger partial charge on any atom is -0.396 e. The van der Waals surface area contributed by atoms with Crippen LogP contribution in [0.5, 0.6) is 0 Å². The summed E-state index contributed by atoms with van der Waals surface area (Å²) in [5.41, 5.74) is 1.09. The minimum atomic E-state index is -0.0611. The summed E-state index contributed by atoms with van der Waals surface area (Å²) in [5.74, 6) is -0.0611. The molecule has 1 unspecified atom stereocenters. The molecule has 0 aliphatic heterocycles. The molecule has 0 bridgehead atoms. The van der Waals surface area contributed by atoms with E-state index in [0.717, 1.165) is 37.9 Å². The van der Waals surface area contributed by atoms with Gasteiger partial charge in [0.25, 0.3) is 0 Å². The fourth-order valence-corrected chi connectivity index (χ4v) is 1.98. The second-order valence-corrected chi connectivity index (χ2v) is 4.64. The number of nitriles is 1. The molecule has 0 aliphatic carbocycles. The van der Waals surface area contributed by atoms with Crippen molar-refractivity contribution in [2.45, 2.75) is 25.2 Å². The quantitative estimate of drug-likeness (QED) is 0.716. The standard InChI is InChI=1S/C15H22N2O/c1-17(10-6-3-7-11-18)13-15(12-16)14-8-4-2-5-9-14/h2,4-5,8-9,15,18H,3,6-7,10-11,13H2,1H3. The third-order valence-corrected chi connectivity index (χ3v) is 3.05. The number of hydrogen-bond acceptors (Lipinski definition) is 3. The molecule has 0 amide bonds. The summed E-state index contributed by atoms with van der Waals surface area (Å²) in [4.78, 5) is 2.19. The number of likely N-dealkylation sites (N-methyl/N-ethyl adjacent to an activating group) is 1. The number of aliphatic hydroxyl groups is 1. The number of aliphatic hydroxyl groups excluding tert-OH is 1. The average molecular weight is 246 g/mol. The van der Waals surface area contributed by atoms with Gasteiger partial charge >= 0.3 is 0 Å². The Kier molecular flexibility index (Phi) is 7.09. The van der Waals surface area contributed by atoms with Crippen molar-refractivity contribution in [2.75, 3.05) is 26.7 Å². The molecule has 1 aromatic rings. The molecule has 0 heterocycles. The first-order chi connectivity index (χ1) is 8.77. The highest BCUT2D eigenvalue weighted by Gasteiger charge is 2.12. The summed E-state index contributed by atoms with van der Waals surface area (Å²) in [6, 6.07) is 12.3. The lowest BCUT2D eigenvalue weighted by Crippen LogP contribution is -2.25. The van der Waals surface area contributed by atoms with Gasteiger partial charge < -0.3 is 10.0 Å². The molecule has 0 saturated carbocycles. The molecule has 0 spiro atoms. The molecule has 1 atom stereocenters. The average Bonchev–Trinajstić information content (AvgIpc) is 2.42. The molecule has 98 valence electrons. The van der Waals surface area contributed by atoms with Gasteiger partial charge in [-0.1, -0.05) is 30.3 Å². The zero-order valence-electron chi connectivity index (χ0n) is 11.0. The van der Waals surface area contributed by atoms with Crippen molar-refractivity contribution in [1.82, 2.24) is 4.90 Å². The third kappa shape index (κ3) is 5.31. The van der Waals surface area contributed by atoms with E-state index in [1.54, 1.807) is 0 Å². The van der Waals surface area contributed by atoms with Crippen LogP contribution < -0.4 is 0 Å². The van der Waals surface area contributed by atoms with E-state index in [9.17, 15) is 5.26 Å². The van der Waals surface area contributed by atoms with Gasteiger partial charge in [-0.25, -0.2) is 0 Å². The molecule has 0 saturated heterocycles. The maximum atomic E-state index is 9.23. The molecule has 1 rings (SSSR count). The van der Waals surface area contributed by atoms with Gasteiger partial charge in [-0.3, -0.25) is 0 Å². The van der Waals surface area contributed by atoms with E-state index in [1.165, 1.54) is 0 Å². The summed E-state index contributed by atoms with van der Waals surface area (Å²) in [7, 11) is 2.05. The summed E-state index contributed by atoms with van der Waals surface area (Å²) >= 11 is 0. The summed E-state index contributed by atoms with van der Waals surface area (Å²) in [6.07, 6.45) is 2.99. The normalized spacial score (nSPS) is 12.3. The first-order valence-electron chi connectivity index (χ1n) is 6.52. The molecule has 0 radical (unpaired) electrons. The van der Waals surface area contributed by atoms with Crippen LogP contribution >= 0.6 is 0 Å². The Morgan fingerprint density at radius 2 is 1.94 bits per heavy atom. The smallest absolute Gasteiger partial charge is 0.0839 e. The fraction of sp³-hybridized carbons (Fsp3) is 0.533. The number of rotatable bonds is 8. The first-order valence-corrected chi connectivity index (χ1v) is 6.52. The van der Waals surface area contributed by atoms with Gasteiger partial charge in [0.2, 0.25) is 0 Å². The molecule has 1 N–H and O–H groups in total. The summed E-state index contributed by atoms with van der Waals surface area (Å²) in [5, 5.41) is 17.9. The highest BCUT2D eigenvalue weighted by atomic mass is 16.2. The second kappa shape index (κ2) is 8.68. The summed E-state index contributed by atoms with van der Waals surface area (Å²) < 4.78 is 0. The molecule has 0 fully saturated rings. The Balaban J connectivity index is 2.37. The van der Waals surface area contributed by atoms with Crippen LogP contribution in [0, 0.1) is 11.3 Å². The lowest BCUT2D eigenvalue weighted by atomic mass is 10.0. The van der Waals surface area contributed by atoms with E-state index in [2.05, 4.69) is 11.0 Å². The van der Waals surface area contributed by atoms with Gasteiger partial charge in [0.05, 0.1) is 12.0 Å². The predicted molar refractivity (Wildman–Crippen MR) is 73.2 cm³/mol. The predicted octanol–water partition coefficient (Wildman–Crippen LogP) is 2.39. The Labute approximate surface area is 110 Å². The van der Waals surface area contributed by atoms with E-state index in [4.69, 9.17) is 5.11 Å². The van der Waals surface area contributed by atoms with Gasteiger partial charge in [0.1, 0.15) is 0 Å². The largest absolute Gasteiger partial charge is 0.396 e. The van der Waals surface area contributed by atoms with Crippen LogP contribution in [-0.4, -0.2) is 36.8 Å². The van der Waals surface area contributed by atoms with Crippen molar-refractivity contribution in [3.05, 3.63) is 35.9 Å². The second-order valence-electron chi connectivity index (χ2n) is 4.64. The topological polar surface area (TPSA) is 47.3 Å². The first kappa shape index (κ1) is 14.7. The molecule has 3 heteroatoms. The van der Waals surface area contributed by atoms with Crippen molar-refractivity contribution in [2.24, 2.45) is 0 Å². The highest BCUT2D eigenvalue weighted by molar-refractivity contribution is 5.25. The maximum absolute atomic E-state index is 9.23. The molecule has 18 heavy (non-hydrogen) atoms. The van der Waals surface area contributed by atoms with Crippen LogP contribution in [0.4, 0.5) is 0 Å². The number of hydrogen-bond donors (Lipinski definition) is 1. The van der Waals surface area contributed by atoms with E-state index in [1.807, 2.05) is 37.4 Å². The number of benzene rings is 1. The van der Waals surface area contributed by atoms with E-state index in [-0.39, 0.29) is 12.5 Å². The lowest BCUT2D eigenvalue weighted by molar-refractivity contribution is 0.272. The van der Waals surface area contributed by atoms with Gasteiger partial charge in [-0.15, -0.1) is 0 Å². The molecule has 0 aliphatic rings. The Bertz CT molecular complexity index is 359. The van der Waals surface area contributed by atoms with Crippen molar-refractivity contribution < 1.29 is 5.11 Å². The Morgan fingerprint density at radius 3 is 2.56 bits per heavy atom. The molecule has 0 aromatic heterocycles. The van der Waals surface area contributed by atoms with E-state index < -0.39 is 0 Å². The fourth-order valence-electron chi connectivity index (χ4n) is 1.98. The molecular formula is C15H22N2O. The molecular weight excluding hydrogens is 224 g/mol. The molecule has 3 nitrogen and oxygen atoms in total. The minimum absolute atomic E-state index is 0.0611. The van der Waals surface area contributed by atoms with Crippen molar-refractivity contribution in [3.63, 3.8) is 0 Å². The zero-order chi connectivity index (χ0) is 13.2. The van der Waals surface area contributed by atoms with Crippen LogP contribution in [0.1, 0.15) is 30.7 Å². The van der Waals surface area contributed by atoms with Crippen LogP contribution in [0.3, 0.4) is 0 Å². The van der Waals surface area contributed by atoms with Crippen LogP contribution in [-0.2, 0) is 0 Å². The summed E-state index contributed by atoms with van der Waals surface area (Å²) in [6.45, 7) is 2.01. The Hall–Kier alpha value is -1.37. The van der Waals surface area contributed by atoms with Crippen LogP contribution in [0.25, 0.3) is 0 Å². The third-order valence-electron chi connectivity index (χ3n) is 3.05. The van der Waals surface area contributed by atoms with Gasteiger partial charge in [0.15, 0.2) is 0 Å². The van der Waals surface area contributed by atoms with Crippen LogP contribution in [0.15, 0.2) is 30.3 Å². The maximum Gasteiger partial charge on any atom is 0.0839 e. The SMILES string of the molecule is CN(CCCCCO)CC(C#N)c1ccccc1. The highest BCUT2D eigenvalue weighted by Crippen LogP contribution is 2.15. The van der Waals surface area contributed by atoms with Crippen molar-refractivity contribution in [1.29, 1.82) is 5.26 Å². The lowest BCUT2D eigenvalue weighted by Gasteiger charge is -2.19. The zero-order valence-corrected chi connectivity index (χ0v) is 11.0. The van der Waals surface area contributed by atoms with Gasteiger partial charge in [-0.05, 0) is 38.4 Å². The van der Waals surface area contributed by atoms with Crippen LogP contribution in [0.2, 0.25) is 0 Å². The number of unbranched alkanes of at least 4 members (excludes halogenated alkanes) is 2. The number of nitrogens with zero attached hydrogens (tertiary/aromatic N) is 2. The Morgan fingerprint density at radius 1 is 1.22 bits per heavy atom.